The zero-order valence-corrected chi connectivity index (χ0v) is 9.05. The van der Waals surface area contributed by atoms with E-state index in [-0.39, 0.29) is 0 Å². The first-order valence-electron chi connectivity index (χ1n) is 5.36. The van der Waals surface area contributed by atoms with Crippen LogP contribution in [0.1, 0.15) is 5.56 Å². The molecule has 0 radical (unpaired) electrons. The van der Waals surface area contributed by atoms with Gasteiger partial charge in [-0.15, -0.1) is 0 Å². The Labute approximate surface area is 98.7 Å². The van der Waals surface area contributed by atoms with Gasteiger partial charge in [-0.25, -0.2) is 0 Å². The quantitative estimate of drug-likeness (QED) is 0.620. The van der Waals surface area contributed by atoms with Gasteiger partial charge >= 0.3 is 0 Å². The lowest BCUT2D eigenvalue weighted by Gasteiger charge is -1.93. The SMILES string of the molecule is N#Cc1cccc2oc(-c3ccccc3)cc12. The Kier molecular flexibility index (Phi) is 2.16. The van der Waals surface area contributed by atoms with E-state index in [1.807, 2.05) is 48.5 Å². The van der Waals surface area contributed by atoms with Crippen molar-refractivity contribution in [1.29, 1.82) is 5.26 Å². The molecule has 0 saturated heterocycles. The molecule has 0 aliphatic carbocycles. The summed E-state index contributed by atoms with van der Waals surface area (Å²) in [6, 6.07) is 19.5. The van der Waals surface area contributed by atoms with Gasteiger partial charge in [-0.05, 0) is 18.2 Å². The summed E-state index contributed by atoms with van der Waals surface area (Å²) in [5, 5.41) is 9.89. The standard InChI is InChI=1S/C15H9NO/c16-10-12-7-4-8-14-13(12)9-15(17-14)11-5-2-1-3-6-11/h1-9H. The van der Waals surface area contributed by atoms with E-state index in [0.717, 1.165) is 22.3 Å². The van der Waals surface area contributed by atoms with Gasteiger partial charge in [0.25, 0.3) is 0 Å². The van der Waals surface area contributed by atoms with Gasteiger partial charge in [0.15, 0.2) is 0 Å². The van der Waals surface area contributed by atoms with Crippen LogP contribution in [0.3, 0.4) is 0 Å². The van der Waals surface area contributed by atoms with Crippen LogP contribution in [-0.2, 0) is 0 Å². The Morgan fingerprint density at radius 1 is 0.941 bits per heavy atom. The summed E-state index contributed by atoms with van der Waals surface area (Å²) in [6.45, 7) is 0. The molecule has 0 fully saturated rings. The third-order valence-electron chi connectivity index (χ3n) is 2.74. The molecule has 0 atom stereocenters. The maximum absolute atomic E-state index is 9.02. The number of furan rings is 1. The first-order chi connectivity index (χ1) is 8.38. The van der Waals surface area contributed by atoms with Crippen molar-refractivity contribution in [2.45, 2.75) is 0 Å². The number of nitriles is 1. The fourth-order valence-corrected chi connectivity index (χ4v) is 1.90. The van der Waals surface area contributed by atoms with Gasteiger partial charge in [0.2, 0.25) is 0 Å². The first kappa shape index (κ1) is 9.68. The van der Waals surface area contributed by atoms with E-state index < -0.39 is 0 Å². The van der Waals surface area contributed by atoms with Gasteiger partial charge in [0.05, 0.1) is 11.6 Å². The maximum Gasteiger partial charge on any atom is 0.136 e. The van der Waals surface area contributed by atoms with Crippen molar-refractivity contribution in [1.82, 2.24) is 0 Å². The molecule has 1 heterocycles. The van der Waals surface area contributed by atoms with E-state index in [2.05, 4.69) is 6.07 Å². The van der Waals surface area contributed by atoms with Gasteiger partial charge in [0, 0.05) is 10.9 Å². The van der Waals surface area contributed by atoms with Gasteiger partial charge in [-0.2, -0.15) is 5.26 Å². The van der Waals surface area contributed by atoms with E-state index >= 15 is 0 Å². The summed E-state index contributed by atoms with van der Waals surface area (Å²) in [5.41, 5.74) is 2.42. The summed E-state index contributed by atoms with van der Waals surface area (Å²) < 4.78 is 5.75. The summed E-state index contributed by atoms with van der Waals surface area (Å²) in [6.07, 6.45) is 0. The zero-order chi connectivity index (χ0) is 11.7. The van der Waals surface area contributed by atoms with Crippen molar-refractivity contribution in [3.63, 3.8) is 0 Å². The van der Waals surface area contributed by atoms with Gasteiger partial charge in [0.1, 0.15) is 11.3 Å². The molecule has 0 spiro atoms. The highest BCUT2D eigenvalue weighted by molar-refractivity contribution is 5.87. The van der Waals surface area contributed by atoms with Crippen LogP contribution in [0.25, 0.3) is 22.3 Å². The zero-order valence-electron chi connectivity index (χ0n) is 9.05. The lowest BCUT2D eigenvalue weighted by molar-refractivity contribution is 0.631. The second-order valence-corrected chi connectivity index (χ2v) is 3.81. The van der Waals surface area contributed by atoms with E-state index in [9.17, 15) is 0 Å². The number of hydrogen-bond donors (Lipinski definition) is 0. The summed E-state index contributed by atoms with van der Waals surface area (Å²) in [7, 11) is 0. The summed E-state index contributed by atoms with van der Waals surface area (Å²) in [4.78, 5) is 0. The molecule has 2 aromatic carbocycles. The maximum atomic E-state index is 9.02. The molecule has 3 aromatic rings. The molecule has 0 aliphatic rings. The minimum Gasteiger partial charge on any atom is -0.456 e. The third kappa shape index (κ3) is 1.58. The molecule has 0 aliphatic heterocycles. The Morgan fingerprint density at radius 3 is 2.53 bits per heavy atom. The normalized spacial score (nSPS) is 10.3. The van der Waals surface area contributed by atoms with Crippen LogP contribution in [0.5, 0.6) is 0 Å². The van der Waals surface area contributed by atoms with Crippen LogP contribution in [-0.4, -0.2) is 0 Å². The van der Waals surface area contributed by atoms with E-state index in [4.69, 9.17) is 9.68 Å². The van der Waals surface area contributed by atoms with Gasteiger partial charge in [-0.1, -0.05) is 36.4 Å². The fourth-order valence-electron chi connectivity index (χ4n) is 1.90. The largest absolute Gasteiger partial charge is 0.456 e. The smallest absolute Gasteiger partial charge is 0.136 e. The van der Waals surface area contributed by atoms with Crippen LogP contribution < -0.4 is 0 Å². The number of benzene rings is 2. The molecule has 80 valence electrons. The Balaban J connectivity index is 2.25. The molecule has 0 saturated carbocycles. The lowest BCUT2D eigenvalue weighted by atomic mass is 10.1. The van der Waals surface area contributed by atoms with Gasteiger partial charge in [-0.3, -0.25) is 0 Å². The molecule has 0 N–H and O–H groups in total. The fraction of sp³-hybridized carbons (Fsp3) is 0. The number of rotatable bonds is 1. The Morgan fingerprint density at radius 2 is 1.76 bits per heavy atom. The molecule has 0 amide bonds. The van der Waals surface area contributed by atoms with Crippen LogP contribution >= 0.6 is 0 Å². The highest BCUT2D eigenvalue weighted by Crippen LogP contribution is 2.29. The highest BCUT2D eigenvalue weighted by Gasteiger charge is 2.08. The van der Waals surface area contributed by atoms with Crippen molar-refractivity contribution in [3.05, 3.63) is 60.2 Å². The van der Waals surface area contributed by atoms with E-state index in [0.29, 0.717) is 5.56 Å². The predicted molar refractivity (Wildman–Crippen MR) is 66.4 cm³/mol. The first-order valence-corrected chi connectivity index (χ1v) is 5.36. The number of fused-ring (bicyclic) bond motifs is 1. The van der Waals surface area contributed by atoms with Crippen molar-refractivity contribution < 1.29 is 4.42 Å². The van der Waals surface area contributed by atoms with Crippen LogP contribution in [0.2, 0.25) is 0 Å². The molecule has 0 bridgehead atoms. The molecule has 3 rings (SSSR count). The monoisotopic (exact) mass is 219 g/mol. The van der Waals surface area contributed by atoms with Crippen LogP contribution in [0.4, 0.5) is 0 Å². The summed E-state index contributed by atoms with van der Waals surface area (Å²) >= 11 is 0. The van der Waals surface area contributed by atoms with Crippen LogP contribution in [0.15, 0.2) is 59.0 Å². The number of hydrogen-bond acceptors (Lipinski definition) is 2. The van der Waals surface area contributed by atoms with E-state index in [1.165, 1.54) is 0 Å². The average Bonchev–Trinajstić information content (AvgIpc) is 2.83. The molecular formula is C15H9NO. The number of nitrogens with zero attached hydrogens (tertiary/aromatic N) is 1. The summed E-state index contributed by atoms with van der Waals surface area (Å²) in [5.74, 6) is 0.795. The lowest BCUT2D eigenvalue weighted by Crippen LogP contribution is -1.72. The van der Waals surface area contributed by atoms with Gasteiger partial charge < -0.3 is 4.42 Å². The van der Waals surface area contributed by atoms with Crippen molar-refractivity contribution in [3.8, 4) is 17.4 Å². The highest BCUT2D eigenvalue weighted by atomic mass is 16.3. The van der Waals surface area contributed by atoms with Crippen molar-refractivity contribution in [2.75, 3.05) is 0 Å². The molecule has 2 heteroatoms. The minimum atomic E-state index is 0.647. The minimum absolute atomic E-state index is 0.647. The van der Waals surface area contributed by atoms with Crippen molar-refractivity contribution in [2.24, 2.45) is 0 Å². The topological polar surface area (TPSA) is 36.9 Å². The second kappa shape index (κ2) is 3.80. The second-order valence-electron chi connectivity index (χ2n) is 3.81. The molecule has 0 unspecified atom stereocenters. The predicted octanol–water partition coefficient (Wildman–Crippen LogP) is 3.97. The molecule has 1 aromatic heterocycles. The Hall–Kier alpha value is -2.53. The molecule has 17 heavy (non-hydrogen) atoms. The third-order valence-corrected chi connectivity index (χ3v) is 2.74. The van der Waals surface area contributed by atoms with E-state index in [1.54, 1.807) is 6.07 Å². The van der Waals surface area contributed by atoms with Crippen molar-refractivity contribution >= 4 is 11.0 Å². The van der Waals surface area contributed by atoms with Crippen LogP contribution in [0, 0.1) is 11.3 Å². The Bertz CT molecular complexity index is 705. The molecule has 2 nitrogen and oxygen atoms in total. The average molecular weight is 219 g/mol. The molecular weight excluding hydrogens is 210 g/mol.